The minimum absolute atomic E-state index is 0.133. The highest BCUT2D eigenvalue weighted by atomic mass is 16.1. The van der Waals surface area contributed by atoms with E-state index >= 15 is 0 Å². The molecule has 0 aromatic carbocycles. The van der Waals surface area contributed by atoms with Gasteiger partial charge >= 0.3 is 0 Å². The number of rotatable bonds is 6. The summed E-state index contributed by atoms with van der Waals surface area (Å²) >= 11 is 0. The lowest BCUT2D eigenvalue weighted by Crippen LogP contribution is -2.51. The molecule has 1 N–H and O–H groups in total. The Bertz CT molecular complexity index is 554. The Morgan fingerprint density at radius 3 is 2.77 bits per heavy atom. The van der Waals surface area contributed by atoms with Crippen molar-refractivity contribution in [2.24, 2.45) is 11.8 Å². The summed E-state index contributed by atoms with van der Waals surface area (Å²) in [5.41, 5.74) is 1.06. The molecule has 5 heteroatoms. The molecule has 5 nitrogen and oxygen atoms in total. The monoisotopic (exact) mass is 358 g/mol. The Labute approximate surface area is 158 Å². The molecule has 26 heavy (non-hydrogen) atoms. The van der Waals surface area contributed by atoms with Crippen LogP contribution in [0.2, 0.25) is 0 Å². The van der Waals surface area contributed by atoms with Gasteiger partial charge in [-0.2, -0.15) is 0 Å². The summed E-state index contributed by atoms with van der Waals surface area (Å²) in [4.78, 5) is 21.9. The molecule has 144 valence electrons. The van der Waals surface area contributed by atoms with E-state index in [2.05, 4.69) is 33.9 Å². The molecule has 0 bridgehead atoms. The van der Waals surface area contributed by atoms with E-state index in [-0.39, 0.29) is 11.8 Å². The topological polar surface area (TPSA) is 48.5 Å². The summed E-state index contributed by atoms with van der Waals surface area (Å²) in [6.07, 6.45) is 8.22. The van der Waals surface area contributed by atoms with E-state index in [0.29, 0.717) is 12.6 Å². The second kappa shape index (κ2) is 9.47. The average molecular weight is 359 g/mol. The molecule has 2 saturated heterocycles. The maximum Gasteiger partial charge on any atom is 0.224 e. The van der Waals surface area contributed by atoms with E-state index in [1.54, 1.807) is 6.20 Å². The second-order valence-corrected chi connectivity index (χ2v) is 8.34. The first kappa shape index (κ1) is 19.3. The van der Waals surface area contributed by atoms with Gasteiger partial charge in [-0.05, 0) is 62.9 Å². The van der Waals surface area contributed by atoms with Crippen molar-refractivity contribution >= 4 is 5.91 Å². The van der Waals surface area contributed by atoms with Crippen LogP contribution in [0.15, 0.2) is 24.5 Å². The van der Waals surface area contributed by atoms with E-state index in [0.717, 1.165) is 37.4 Å². The van der Waals surface area contributed by atoms with E-state index in [1.807, 2.05) is 18.3 Å². The molecule has 0 aliphatic carbocycles. The summed E-state index contributed by atoms with van der Waals surface area (Å²) in [5, 5.41) is 3.11. The van der Waals surface area contributed by atoms with Crippen molar-refractivity contribution < 1.29 is 4.79 Å². The number of nitrogens with one attached hydrogen (secondary N) is 1. The van der Waals surface area contributed by atoms with E-state index < -0.39 is 0 Å². The third kappa shape index (κ3) is 5.52. The van der Waals surface area contributed by atoms with Gasteiger partial charge in [-0.1, -0.05) is 19.9 Å². The third-order valence-corrected chi connectivity index (χ3v) is 5.71. The lowest BCUT2D eigenvalue weighted by atomic mass is 9.93. The fraction of sp³-hybridized carbons (Fsp3) is 0.714. The van der Waals surface area contributed by atoms with Crippen molar-refractivity contribution in [3.05, 3.63) is 30.1 Å². The number of hydrogen-bond donors (Lipinski definition) is 1. The first-order valence-corrected chi connectivity index (χ1v) is 10.2. The number of pyridine rings is 1. The highest BCUT2D eigenvalue weighted by molar-refractivity contribution is 5.78. The molecule has 3 heterocycles. The van der Waals surface area contributed by atoms with Crippen LogP contribution in [0.5, 0.6) is 0 Å². The minimum atomic E-state index is 0.133. The molecule has 0 unspecified atom stereocenters. The van der Waals surface area contributed by atoms with Crippen molar-refractivity contribution in [2.45, 2.75) is 52.1 Å². The van der Waals surface area contributed by atoms with Gasteiger partial charge in [0.25, 0.3) is 0 Å². The summed E-state index contributed by atoms with van der Waals surface area (Å²) in [5.74, 6) is 1.08. The molecular formula is C21H34N4O. The predicted octanol–water partition coefficient (Wildman–Crippen LogP) is 2.53. The number of aromatic nitrogens is 1. The molecule has 2 fully saturated rings. The average Bonchev–Trinajstić information content (AvgIpc) is 2.67. The Balaban J connectivity index is 1.44. The zero-order chi connectivity index (χ0) is 18.4. The Morgan fingerprint density at radius 1 is 1.27 bits per heavy atom. The van der Waals surface area contributed by atoms with E-state index in [4.69, 9.17) is 0 Å². The van der Waals surface area contributed by atoms with Crippen LogP contribution in [-0.4, -0.2) is 59.5 Å². The smallest absolute Gasteiger partial charge is 0.224 e. The molecule has 0 spiro atoms. The van der Waals surface area contributed by atoms with Crippen molar-refractivity contribution in [3.63, 3.8) is 0 Å². The lowest BCUT2D eigenvalue weighted by Gasteiger charge is -2.42. The van der Waals surface area contributed by atoms with Gasteiger partial charge in [-0.25, -0.2) is 0 Å². The zero-order valence-corrected chi connectivity index (χ0v) is 16.4. The van der Waals surface area contributed by atoms with Gasteiger partial charge in [0.2, 0.25) is 5.91 Å². The maximum absolute atomic E-state index is 12.6. The predicted molar refractivity (Wildman–Crippen MR) is 105 cm³/mol. The van der Waals surface area contributed by atoms with E-state index in [1.165, 1.54) is 32.5 Å². The van der Waals surface area contributed by atoms with Crippen molar-refractivity contribution in [1.29, 1.82) is 0 Å². The zero-order valence-electron chi connectivity index (χ0n) is 16.4. The quantitative estimate of drug-likeness (QED) is 0.849. The fourth-order valence-corrected chi connectivity index (χ4v) is 4.37. The molecule has 2 aliphatic rings. The van der Waals surface area contributed by atoms with E-state index in [9.17, 15) is 4.79 Å². The first-order valence-electron chi connectivity index (χ1n) is 10.2. The lowest BCUT2D eigenvalue weighted by molar-refractivity contribution is -0.127. The van der Waals surface area contributed by atoms with Gasteiger partial charge < -0.3 is 10.2 Å². The van der Waals surface area contributed by atoms with Gasteiger partial charge in [0.1, 0.15) is 0 Å². The molecule has 0 saturated carbocycles. The number of hydrogen-bond acceptors (Lipinski definition) is 4. The number of carbonyl (C=O) groups excluding carboxylic acids is 1. The highest BCUT2D eigenvalue weighted by Gasteiger charge is 2.31. The molecule has 0 radical (unpaired) electrons. The molecular weight excluding hydrogens is 324 g/mol. The largest absolute Gasteiger partial charge is 0.352 e. The number of carbonyl (C=O) groups is 1. The summed E-state index contributed by atoms with van der Waals surface area (Å²) in [6.45, 7) is 10.9. The number of nitrogens with zero attached hydrogens (tertiary/aromatic N) is 3. The highest BCUT2D eigenvalue weighted by Crippen LogP contribution is 2.24. The van der Waals surface area contributed by atoms with Crippen LogP contribution < -0.4 is 5.32 Å². The van der Waals surface area contributed by atoms with Crippen molar-refractivity contribution in [3.8, 4) is 0 Å². The Hall–Kier alpha value is -1.46. The van der Waals surface area contributed by atoms with Crippen LogP contribution in [0.4, 0.5) is 0 Å². The maximum atomic E-state index is 12.6. The summed E-state index contributed by atoms with van der Waals surface area (Å²) < 4.78 is 0. The van der Waals surface area contributed by atoms with Crippen LogP contribution in [-0.2, 0) is 11.3 Å². The Morgan fingerprint density at radius 2 is 2.08 bits per heavy atom. The van der Waals surface area contributed by atoms with Gasteiger partial charge in [-0.3, -0.25) is 14.7 Å². The molecule has 1 aromatic heterocycles. The van der Waals surface area contributed by atoms with Crippen molar-refractivity contribution in [2.75, 3.05) is 32.7 Å². The van der Waals surface area contributed by atoms with Gasteiger partial charge in [-0.15, -0.1) is 0 Å². The number of amides is 1. The third-order valence-electron chi connectivity index (χ3n) is 5.71. The van der Waals surface area contributed by atoms with Crippen LogP contribution in [0, 0.1) is 11.8 Å². The van der Waals surface area contributed by atoms with Crippen LogP contribution >= 0.6 is 0 Å². The molecule has 3 rings (SSSR count). The van der Waals surface area contributed by atoms with Crippen LogP contribution in [0.25, 0.3) is 0 Å². The van der Waals surface area contributed by atoms with Crippen molar-refractivity contribution in [1.82, 2.24) is 20.1 Å². The normalized spacial score (nSPS) is 23.3. The van der Waals surface area contributed by atoms with Crippen LogP contribution in [0.3, 0.4) is 0 Å². The molecule has 1 amide bonds. The Kier molecular flexibility index (Phi) is 7.03. The standard InChI is InChI=1S/C21H34N4O/c1-17(2)15-24-11-7-20(8-12-24)25-10-4-6-19(16-25)21(26)23-14-18-5-3-9-22-13-18/h3,5,9,13,17,19-20H,4,6-8,10-12,14-16H2,1-2H3,(H,23,26)/t19-/m0/s1. The molecule has 1 atom stereocenters. The second-order valence-electron chi connectivity index (χ2n) is 8.34. The molecule has 1 aromatic rings. The SMILES string of the molecule is CC(C)CN1CCC(N2CCC[C@H](C(=O)NCc3cccnc3)C2)CC1. The first-order chi connectivity index (χ1) is 12.6. The van der Waals surface area contributed by atoms with Gasteiger partial charge in [0, 0.05) is 38.1 Å². The van der Waals surface area contributed by atoms with Gasteiger partial charge in [0.15, 0.2) is 0 Å². The molecule has 2 aliphatic heterocycles. The van der Waals surface area contributed by atoms with Gasteiger partial charge in [0.05, 0.1) is 5.92 Å². The summed E-state index contributed by atoms with van der Waals surface area (Å²) in [6, 6.07) is 4.58. The number of likely N-dealkylation sites (tertiary alicyclic amines) is 2. The summed E-state index contributed by atoms with van der Waals surface area (Å²) in [7, 11) is 0. The minimum Gasteiger partial charge on any atom is -0.352 e. The fourth-order valence-electron chi connectivity index (χ4n) is 4.37. The van der Waals surface area contributed by atoms with Crippen LogP contribution in [0.1, 0.15) is 45.1 Å². The number of piperidine rings is 2.